The first kappa shape index (κ1) is 13.5. The number of hydrogen-bond donors (Lipinski definition) is 2. The fraction of sp³-hybridized carbons (Fsp3) is 0.182. The first-order valence-electron chi connectivity index (χ1n) is 5.70. The topological polar surface area (TPSA) is 126 Å². The summed E-state index contributed by atoms with van der Waals surface area (Å²) in [5.41, 5.74) is -0.698. The second-order valence-corrected chi connectivity index (χ2v) is 3.62. The zero-order chi connectivity index (χ0) is 14.5. The molecule has 0 saturated carbocycles. The maximum absolute atomic E-state index is 11.8. The van der Waals surface area contributed by atoms with Crippen molar-refractivity contribution in [1.29, 1.82) is 0 Å². The average Bonchev–Trinajstić information content (AvgIpc) is 2.87. The first-order chi connectivity index (χ1) is 9.63. The van der Waals surface area contributed by atoms with Crippen molar-refractivity contribution in [1.82, 2.24) is 15.2 Å². The van der Waals surface area contributed by atoms with E-state index in [1.54, 1.807) is 6.92 Å². The molecule has 0 aliphatic carbocycles. The molecule has 2 heterocycles. The number of carbonyl (C=O) groups is 1. The van der Waals surface area contributed by atoms with Gasteiger partial charge in [0.15, 0.2) is 0 Å². The van der Waals surface area contributed by atoms with Gasteiger partial charge in [-0.25, -0.2) is 4.79 Å². The molecule has 2 aromatic heterocycles. The van der Waals surface area contributed by atoms with Crippen LogP contribution in [-0.2, 0) is 4.74 Å². The maximum Gasteiger partial charge on any atom is 0.343 e. The molecule has 0 aliphatic rings. The van der Waals surface area contributed by atoms with Crippen molar-refractivity contribution in [3.63, 3.8) is 0 Å². The molecular formula is C11H11N5O4. The third kappa shape index (κ3) is 2.71. The molecule has 104 valence electrons. The van der Waals surface area contributed by atoms with Crippen LogP contribution in [0.3, 0.4) is 0 Å². The van der Waals surface area contributed by atoms with E-state index in [-0.39, 0.29) is 28.5 Å². The Bertz CT molecular complexity index is 703. The van der Waals surface area contributed by atoms with Gasteiger partial charge < -0.3 is 14.9 Å². The van der Waals surface area contributed by atoms with Crippen molar-refractivity contribution < 1.29 is 14.4 Å². The number of rotatable bonds is 4. The van der Waals surface area contributed by atoms with Crippen LogP contribution in [0.4, 0.5) is 11.5 Å². The van der Waals surface area contributed by atoms with Crippen molar-refractivity contribution in [2.24, 2.45) is 5.11 Å². The lowest BCUT2D eigenvalue weighted by atomic mass is 10.3. The number of H-pyrrole nitrogens is 2. The van der Waals surface area contributed by atoms with E-state index in [1.165, 1.54) is 24.7 Å². The Balaban J connectivity index is 2.37. The molecule has 20 heavy (non-hydrogen) atoms. The number of hydrogen-bond acceptors (Lipinski definition) is 6. The molecule has 0 atom stereocenters. The van der Waals surface area contributed by atoms with E-state index < -0.39 is 11.4 Å². The summed E-state index contributed by atoms with van der Waals surface area (Å²) < 4.78 is 4.79. The molecule has 0 spiro atoms. The molecule has 2 aromatic rings. The van der Waals surface area contributed by atoms with Gasteiger partial charge in [0.2, 0.25) is 5.82 Å². The second kappa shape index (κ2) is 5.78. The molecule has 0 saturated heterocycles. The standard InChI is InChI=1S/C11H11N5O4/c1-2-20-11(18)7-5-13-14-10(7)15-16(19)8-6-12-4-3-9(8)17/h3-6H,2H2,1H3,(H,12,17)(H,13,14). The number of esters is 1. The minimum Gasteiger partial charge on any atom is -0.594 e. The largest absolute Gasteiger partial charge is 0.594 e. The summed E-state index contributed by atoms with van der Waals surface area (Å²) in [4.78, 5) is 25.8. The van der Waals surface area contributed by atoms with Gasteiger partial charge >= 0.3 is 11.7 Å². The number of nitrogens with one attached hydrogen (secondary N) is 2. The molecule has 0 aliphatic heterocycles. The number of ether oxygens (including phenoxy) is 1. The zero-order valence-electron chi connectivity index (χ0n) is 10.5. The van der Waals surface area contributed by atoms with E-state index in [2.05, 4.69) is 20.3 Å². The highest BCUT2D eigenvalue weighted by Crippen LogP contribution is 2.18. The number of aromatic nitrogens is 3. The fourth-order valence-corrected chi connectivity index (χ4v) is 1.42. The number of azo groups is 1. The molecule has 0 aromatic carbocycles. The SMILES string of the molecule is CCOC(=O)c1cn[nH]c1N=[N+]([O-])c1c[nH]ccc1=O. The van der Waals surface area contributed by atoms with Crippen molar-refractivity contribution in [3.05, 3.63) is 45.7 Å². The first-order valence-corrected chi connectivity index (χ1v) is 5.70. The van der Waals surface area contributed by atoms with Gasteiger partial charge in [0.05, 0.1) is 19.0 Å². The van der Waals surface area contributed by atoms with E-state index in [4.69, 9.17) is 4.74 Å². The van der Waals surface area contributed by atoms with E-state index in [0.717, 1.165) is 0 Å². The monoisotopic (exact) mass is 277 g/mol. The predicted molar refractivity (Wildman–Crippen MR) is 67.0 cm³/mol. The van der Waals surface area contributed by atoms with E-state index in [9.17, 15) is 14.8 Å². The van der Waals surface area contributed by atoms with E-state index >= 15 is 0 Å². The molecule has 2 N–H and O–H groups in total. The summed E-state index contributed by atoms with van der Waals surface area (Å²) in [7, 11) is 0. The average molecular weight is 277 g/mol. The lowest BCUT2D eigenvalue weighted by molar-refractivity contribution is -0.437. The van der Waals surface area contributed by atoms with Crippen molar-refractivity contribution >= 4 is 17.5 Å². The molecule has 0 unspecified atom stereocenters. The minimum atomic E-state index is -0.657. The lowest BCUT2D eigenvalue weighted by Gasteiger charge is -2.00. The molecule has 0 bridgehead atoms. The summed E-state index contributed by atoms with van der Waals surface area (Å²) in [6.45, 7) is 1.83. The van der Waals surface area contributed by atoms with Crippen molar-refractivity contribution in [2.75, 3.05) is 6.61 Å². The van der Waals surface area contributed by atoms with Crippen LogP contribution in [0.1, 0.15) is 17.3 Å². The van der Waals surface area contributed by atoms with Gasteiger partial charge in [0, 0.05) is 17.4 Å². The smallest absolute Gasteiger partial charge is 0.343 e. The second-order valence-electron chi connectivity index (χ2n) is 3.62. The van der Waals surface area contributed by atoms with Gasteiger partial charge in [-0.15, -0.1) is 0 Å². The van der Waals surface area contributed by atoms with Crippen molar-refractivity contribution in [2.45, 2.75) is 6.92 Å². The zero-order valence-corrected chi connectivity index (χ0v) is 10.5. The highest BCUT2D eigenvalue weighted by Gasteiger charge is 2.18. The van der Waals surface area contributed by atoms with Crippen LogP contribution in [0.5, 0.6) is 0 Å². The van der Waals surface area contributed by atoms with Crippen LogP contribution in [0.2, 0.25) is 0 Å². The Kier molecular flexibility index (Phi) is 3.89. The van der Waals surface area contributed by atoms with Crippen LogP contribution >= 0.6 is 0 Å². The Morgan fingerprint density at radius 1 is 1.60 bits per heavy atom. The molecule has 0 fully saturated rings. The highest BCUT2D eigenvalue weighted by atomic mass is 16.5. The van der Waals surface area contributed by atoms with Gasteiger partial charge in [-0.1, -0.05) is 0 Å². The highest BCUT2D eigenvalue weighted by molar-refractivity contribution is 5.93. The molecule has 2 rings (SSSR count). The van der Waals surface area contributed by atoms with Gasteiger partial charge in [0.25, 0.3) is 5.43 Å². The molecule has 0 amide bonds. The third-order valence-corrected chi connectivity index (χ3v) is 2.31. The fourth-order valence-electron chi connectivity index (χ4n) is 1.42. The van der Waals surface area contributed by atoms with Crippen LogP contribution in [0, 0.1) is 5.21 Å². The van der Waals surface area contributed by atoms with Gasteiger partial charge in [-0.3, -0.25) is 9.89 Å². The van der Waals surface area contributed by atoms with Crippen LogP contribution < -0.4 is 5.43 Å². The molecule has 0 radical (unpaired) electrons. The number of nitrogens with zero attached hydrogens (tertiary/aromatic N) is 3. The Labute approximate surface area is 112 Å². The Morgan fingerprint density at radius 2 is 2.40 bits per heavy atom. The summed E-state index contributed by atoms with van der Waals surface area (Å²) in [6.07, 6.45) is 3.79. The van der Waals surface area contributed by atoms with Crippen LogP contribution in [0.15, 0.2) is 34.6 Å². The number of carbonyl (C=O) groups excluding carboxylic acids is 1. The molecule has 9 nitrogen and oxygen atoms in total. The van der Waals surface area contributed by atoms with E-state index in [1.807, 2.05) is 0 Å². The number of pyridine rings is 1. The van der Waals surface area contributed by atoms with Crippen LogP contribution in [0.25, 0.3) is 0 Å². The number of aromatic amines is 2. The third-order valence-electron chi connectivity index (χ3n) is 2.31. The maximum atomic E-state index is 11.8. The quantitative estimate of drug-likeness (QED) is 0.376. The Hall–Kier alpha value is -2.97. The molecule has 9 heteroatoms. The Morgan fingerprint density at radius 3 is 3.10 bits per heavy atom. The van der Waals surface area contributed by atoms with E-state index in [0.29, 0.717) is 0 Å². The summed E-state index contributed by atoms with van der Waals surface area (Å²) in [5, 5.41) is 21.4. The van der Waals surface area contributed by atoms with Gasteiger partial charge in [-0.05, 0) is 11.8 Å². The normalized spacial score (nSPS) is 11.3. The summed E-state index contributed by atoms with van der Waals surface area (Å²) in [5.74, 6) is -0.739. The summed E-state index contributed by atoms with van der Waals surface area (Å²) >= 11 is 0. The van der Waals surface area contributed by atoms with Crippen LogP contribution in [-0.4, -0.2) is 32.6 Å². The minimum absolute atomic E-state index is 0.0139. The lowest BCUT2D eigenvalue weighted by Crippen LogP contribution is -2.08. The predicted octanol–water partition coefficient (Wildman–Crippen LogP) is 1.20. The van der Waals surface area contributed by atoms with Crippen molar-refractivity contribution in [3.8, 4) is 0 Å². The summed E-state index contributed by atoms with van der Waals surface area (Å²) in [6, 6.07) is 1.19. The van der Waals surface area contributed by atoms with Gasteiger partial charge in [-0.2, -0.15) is 5.10 Å². The van der Waals surface area contributed by atoms with Gasteiger partial charge in [0.1, 0.15) is 5.56 Å². The molecular weight excluding hydrogens is 266 g/mol.